The lowest BCUT2D eigenvalue weighted by molar-refractivity contribution is -0.139. The monoisotopic (exact) mass is 414 g/mol. The second-order valence-electron chi connectivity index (χ2n) is 6.17. The zero-order valence-electron chi connectivity index (χ0n) is 15.2. The fourth-order valence-electron chi connectivity index (χ4n) is 2.59. The zero-order chi connectivity index (χ0) is 21.4. The van der Waals surface area contributed by atoms with Gasteiger partial charge in [-0.3, -0.25) is 19.5 Å². The molecular formula is C17H17F3N4O3S. The number of amides is 3. The van der Waals surface area contributed by atoms with E-state index in [-0.39, 0.29) is 17.5 Å². The van der Waals surface area contributed by atoms with E-state index in [4.69, 9.17) is 18.6 Å². The molecule has 7 nitrogen and oxygen atoms in total. The third-order valence-corrected chi connectivity index (χ3v) is 4.57. The normalized spacial score (nSPS) is 15.0. The molecular weight excluding hydrogens is 397 g/mol. The molecule has 0 unspecified atom stereocenters. The van der Waals surface area contributed by atoms with Crippen molar-refractivity contribution in [2.75, 3.05) is 37.1 Å². The van der Waals surface area contributed by atoms with Gasteiger partial charge in [0.25, 0.3) is 5.91 Å². The predicted octanol–water partition coefficient (Wildman–Crippen LogP) is 2.20. The Morgan fingerprint density at radius 1 is 1.43 bits per heavy atom. The van der Waals surface area contributed by atoms with Gasteiger partial charge in [0, 0.05) is 27.1 Å². The maximum Gasteiger partial charge on any atom is 0.332 e. The number of hydrogen-bond acceptors (Lipinski definition) is 4. The average Bonchev–Trinajstić information content (AvgIpc) is 2.60. The number of urea groups is 1. The first-order valence-electron chi connectivity index (χ1n) is 7.86. The van der Waals surface area contributed by atoms with Crippen molar-refractivity contribution in [2.45, 2.75) is 12.8 Å². The van der Waals surface area contributed by atoms with Gasteiger partial charge in [0.15, 0.2) is 10.9 Å². The molecule has 1 fully saturated rings. The first-order chi connectivity index (χ1) is 12.9. The molecule has 1 aliphatic rings. The van der Waals surface area contributed by atoms with E-state index >= 15 is 0 Å². The molecule has 150 valence electrons. The van der Waals surface area contributed by atoms with Crippen molar-refractivity contribution in [3.63, 3.8) is 0 Å². The molecule has 0 saturated carbocycles. The summed E-state index contributed by atoms with van der Waals surface area (Å²) in [5.74, 6) is -5.21. The van der Waals surface area contributed by atoms with Crippen molar-refractivity contribution in [1.82, 2.24) is 9.80 Å². The molecule has 1 saturated heterocycles. The Hall–Kier alpha value is -3.00. The van der Waals surface area contributed by atoms with Crippen molar-refractivity contribution in [1.29, 1.82) is 0 Å². The highest BCUT2D eigenvalue weighted by Crippen LogP contribution is 2.37. The van der Waals surface area contributed by atoms with Crippen LogP contribution >= 0.6 is 12.2 Å². The quantitative estimate of drug-likeness (QED) is 0.605. The summed E-state index contributed by atoms with van der Waals surface area (Å²) in [6.07, 6.45) is 5.15. The molecule has 1 aromatic rings. The molecule has 0 radical (unpaired) electrons. The number of carbonyl (C=O) groups excluding carboxylic acids is 2. The first kappa shape index (κ1) is 21.3. The SMILES string of the molecule is C#CCN(C(=O)C(C)(F)F)c1cc(N2CN(C)C(=S)N(C)C2=O)c(F)cc1O. The molecule has 1 aromatic carbocycles. The number of phenolic OH excluding ortho intramolecular Hbond substituents is 1. The highest BCUT2D eigenvalue weighted by atomic mass is 32.1. The van der Waals surface area contributed by atoms with Gasteiger partial charge >= 0.3 is 12.0 Å². The van der Waals surface area contributed by atoms with Crippen LogP contribution in [0.3, 0.4) is 0 Å². The number of benzene rings is 1. The van der Waals surface area contributed by atoms with Gasteiger partial charge in [-0.1, -0.05) is 5.92 Å². The van der Waals surface area contributed by atoms with Crippen LogP contribution in [0.25, 0.3) is 0 Å². The number of halogens is 3. The number of alkyl halides is 2. The molecule has 0 aliphatic carbocycles. The Morgan fingerprint density at radius 2 is 2.04 bits per heavy atom. The first-order valence-corrected chi connectivity index (χ1v) is 8.27. The van der Waals surface area contributed by atoms with Gasteiger partial charge in [-0.05, 0) is 18.3 Å². The number of anilines is 2. The summed E-state index contributed by atoms with van der Waals surface area (Å²) >= 11 is 5.07. The van der Waals surface area contributed by atoms with Gasteiger partial charge in [-0.25, -0.2) is 9.18 Å². The molecule has 2 rings (SSSR count). The highest BCUT2D eigenvalue weighted by molar-refractivity contribution is 7.80. The molecule has 0 bridgehead atoms. The minimum absolute atomic E-state index is 0.129. The molecule has 0 spiro atoms. The van der Waals surface area contributed by atoms with Crippen LogP contribution < -0.4 is 9.80 Å². The minimum atomic E-state index is -3.79. The summed E-state index contributed by atoms with van der Waals surface area (Å²) < 4.78 is 41.6. The Kier molecular flexibility index (Phi) is 5.75. The predicted molar refractivity (Wildman–Crippen MR) is 101 cm³/mol. The Balaban J connectivity index is 2.58. The third kappa shape index (κ3) is 3.82. The molecule has 3 amide bonds. The van der Waals surface area contributed by atoms with Gasteiger partial charge in [0.05, 0.1) is 17.9 Å². The number of hydrogen-bond donors (Lipinski definition) is 1. The van der Waals surface area contributed by atoms with Crippen LogP contribution in [0.4, 0.5) is 29.3 Å². The van der Waals surface area contributed by atoms with Gasteiger partial charge in [-0.2, -0.15) is 8.78 Å². The van der Waals surface area contributed by atoms with E-state index in [0.717, 1.165) is 15.9 Å². The molecule has 28 heavy (non-hydrogen) atoms. The lowest BCUT2D eigenvalue weighted by atomic mass is 10.2. The Morgan fingerprint density at radius 3 is 2.57 bits per heavy atom. The van der Waals surface area contributed by atoms with Crippen LogP contribution in [0.5, 0.6) is 5.75 Å². The summed E-state index contributed by atoms with van der Waals surface area (Å²) in [7, 11) is 2.96. The minimum Gasteiger partial charge on any atom is -0.506 e. The largest absolute Gasteiger partial charge is 0.506 e. The van der Waals surface area contributed by atoms with Gasteiger partial charge in [-0.15, -0.1) is 6.42 Å². The number of terminal acetylenes is 1. The summed E-state index contributed by atoms with van der Waals surface area (Å²) in [6, 6.07) is 0.865. The fraction of sp³-hybridized carbons (Fsp3) is 0.353. The van der Waals surface area contributed by atoms with Crippen LogP contribution in [0.1, 0.15) is 6.92 Å². The number of phenols is 1. The van der Waals surface area contributed by atoms with E-state index in [1.54, 1.807) is 7.05 Å². The third-order valence-electron chi connectivity index (χ3n) is 3.98. The molecule has 1 aliphatic heterocycles. The summed E-state index contributed by atoms with van der Waals surface area (Å²) in [6.45, 7) is -0.353. The van der Waals surface area contributed by atoms with Crippen LogP contribution in [0, 0.1) is 18.2 Å². The molecule has 1 N–H and O–H groups in total. The van der Waals surface area contributed by atoms with Crippen LogP contribution in [0.2, 0.25) is 0 Å². The van der Waals surface area contributed by atoms with Gasteiger partial charge in [0.2, 0.25) is 0 Å². The second-order valence-corrected chi connectivity index (χ2v) is 6.53. The van der Waals surface area contributed by atoms with E-state index in [1.165, 1.54) is 11.9 Å². The van der Waals surface area contributed by atoms with Gasteiger partial charge in [0.1, 0.15) is 12.4 Å². The maximum absolute atomic E-state index is 14.5. The topological polar surface area (TPSA) is 67.3 Å². The van der Waals surface area contributed by atoms with Crippen molar-refractivity contribution in [3.05, 3.63) is 17.9 Å². The average molecular weight is 414 g/mol. The van der Waals surface area contributed by atoms with Crippen LogP contribution in [0.15, 0.2) is 12.1 Å². The number of nitrogens with zero attached hydrogens (tertiary/aromatic N) is 4. The number of aromatic hydroxyl groups is 1. The van der Waals surface area contributed by atoms with E-state index in [9.17, 15) is 27.9 Å². The second kappa shape index (κ2) is 7.55. The number of carbonyl (C=O) groups is 2. The van der Waals surface area contributed by atoms with Crippen LogP contribution in [-0.4, -0.2) is 65.2 Å². The highest BCUT2D eigenvalue weighted by Gasteiger charge is 2.39. The number of thiocarbonyl (C=S) groups is 1. The summed E-state index contributed by atoms with van der Waals surface area (Å²) in [5.41, 5.74) is -0.791. The van der Waals surface area contributed by atoms with Crippen molar-refractivity contribution in [3.8, 4) is 18.1 Å². The standard InChI is InChI=1S/C17H17F3N4O3S/c1-5-6-23(14(26)17(2,19)20)12-8-11(10(18)7-13(12)25)24-9-21(3)16(28)22(4)15(24)27/h1,7-8,25H,6,9H2,2-4H3. The van der Waals surface area contributed by atoms with E-state index < -0.39 is 41.7 Å². The molecule has 1 heterocycles. The zero-order valence-corrected chi connectivity index (χ0v) is 16.1. The van der Waals surface area contributed by atoms with E-state index in [1.807, 2.05) is 5.92 Å². The summed E-state index contributed by atoms with van der Waals surface area (Å²) in [4.78, 5) is 28.6. The smallest absolute Gasteiger partial charge is 0.332 e. The molecule has 0 atom stereocenters. The van der Waals surface area contributed by atoms with Crippen molar-refractivity contribution >= 4 is 40.6 Å². The summed E-state index contributed by atoms with van der Waals surface area (Å²) in [5, 5.41) is 10.2. The van der Waals surface area contributed by atoms with Crippen LogP contribution in [-0.2, 0) is 4.79 Å². The Labute approximate surface area is 164 Å². The van der Waals surface area contributed by atoms with Crippen molar-refractivity contribution < 1.29 is 27.9 Å². The lowest BCUT2D eigenvalue weighted by Crippen LogP contribution is -2.58. The number of rotatable bonds is 4. The molecule has 0 aromatic heterocycles. The Bertz CT molecular complexity index is 882. The lowest BCUT2D eigenvalue weighted by Gasteiger charge is -2.40. The molecule has 11 heteroatoms. The maximum atomic E-state index is 14.5. The van der Waals surface area contributed by atoms with Gasteiger partial charge < -0.3 is 10.0 Å². The van der Waals surface area contributed by atoms with Crippen molar-refractivity contribution in [2.24, 2.45) is 0 Å². The fourth-order valence-corrected chi connectivity index (χ4v) is 2.73. The van der Waals surface area contributed by atoms with E-state index in [0.29, 0.717) is 17.9 Å². The van der Waals surface area contributed by atoms with E-state index in [2.05, 4.69) is 0 Å².